The van der Waals surface area contributed by atoms with Crippen LogP contribution in [0.2, 0.25) is 0 Å². The van der Waals surface area contributed by atoms with Gasteiger partial charge in [-0.3, -0.25) is 4.79 Å². The van der Waals surface area contributed by atoms with Gasteiger partial charge in [-0.05, 0) is 92.4 Å². The fraction of sp³-hybridized carbons (Fsp3) is 0.269. The van der Waals surface area contributed by atoms with E-state index in [9.17, 15) is 4.79 Å². The summed E-state index contributed by atoms with van der Waals surface area (Å²) in [4.78, 5) is 21.9. The third kappa shape index (κ3) is 5.02. The van der Waals surface area contributed by atoms with Crippen molar-refractivity contribution in [2.75, 3.05) is 10.6 Å². The van der Waals surface area contributed by atoms with Gasteiger partial charge in [0.2, 0.25) is 5.91 Å². The van der Waals surface area contributed by atoms with Crippen LogP contribution >= 0.6 is 11.8 Å². The van der Waals surface area contributed by atoms with E-state index >= 15 is 0 Å². The van der Waals surface area contributed by atoms with Crippen LogP contribution < -0.4 is 10.6 Å². The maximum Gasteiger partial charge on any atom is 0.221 e. The molecule has 0 radical (unpaired) electrons. The summed E-state index contributed by atoms with van der Waals surface area (Å²) in [5, 5.41) is 8.07. The van der Waals surface area contributed by atoms with Crippen LogP contribution in [0.25, 0.3) is 10.9 Å². The second kappa shape index (κ2) is 9.57. The first kappa shape index (κ1) is 22.1. The number of amides is 1. The van der Waals surface area contributed by atoms with Crippen LogP contribution in [0.5, 0.6) is 0 Å². The summed E-state index contributed by atoms with van der Waals surface area (Å²) < 4.78 is 0. The highest BCUT2D eigenvalue weighted by atomic mass is 32.2. The summed E-state index contributed by atoms with van der Waals surface area (Å²) in [5.41, 5.74) is 5.58. The number of allylic oxidation sites excluding steroid dienone is 3. The van der Waals surface area contributed by atoms with Gasteiger partial charge in [-0.1, -0.05) is 24.6 Å². The molecule has 0 fully saturated rings. The second-order valence-corrected chi connectivity index (χ2v) is 9.24. The number of fused-ring (bicyclic) bond motifs is 1. The van der Waals surface area contributed by atoms with Crippen LogP contribution in [-0.4, -0.2) is 15.9 Å². The largest absolute Gasteiger partial charge is 0.340 e. The summed E-state index contributed by atoms with van der Waals surface area (Å²) in [6, 6.07) is 15.8. The Morgan fingerprint density at radius 3 is 2.56 bits per heavy atom. The van der Waals surface area contributed by atoms with Crippen molar-refractivity contribution in [3.05, 3.63) is 71.5 Å². The van der Waals surface area contributed by atoms with Gasteiger partial charge in [0, 0.05) is 28.6 Å². The molecular weight excluding hydrogens is 416 g/mol. The number of anilines is 2. The zero-order valence-electron chi connectivity index (χ0n) is 18.9. The molecule has 0 bridgehead atoms. The molecule has 2 N–H and O–H groups in total. The van der Waals surface area contributed by atoms with Crippen molar-refractivity contribution in [2.24, 2.45) is 5.92 Å². The van der Waals surface area contributed by atoms with E-state index in [1.807, 2.05) is 42.5 Å². The molecule has 1 unspecified atom stereocenters. The van der Waals surface area contributed by atoms with E-state index in [2.05, 4.69) is 43.5 Å². The highest BCUT2D eigenvalue weighted by molar-refractivity contribution is 7.99. The lowest BCUT2D eigenvalue weighted by Crippen LogP contribution is -2.13. The molecule has 6 heteroatoms. The molecule has 5 nitrogen and oxygen atoms in total. The molecule has 4 rings (SSSR count). The Kier molecular flexibility index (Phi) is 6.61. The van der Waals surface area contributed by atoms with Crippen molar-refractivity contribution in [2.45, 2.75) is 50.6 Å². The molecule has 0 saturated heterocycles. The maximum absolute atomic E-state index is 11.2. The molecule has 1 aromatic heterocycles. The smallest absolute Gasteiger partial charge is 0.221 e. The van der Waals surface area contributed by atoms with Crippen LogP contribution in [0, 0.1) is 5.92 Å². The van der Waals surface area contributed by atoms with Crippen LogP contribution in [0.4, 0.5) is 11.5 Å². The van der Waals surface area contributed by atoms with Crippen LogP contribution in [0.3, 0.4) is 0 Å². The molecule has 1 heterocycles. The summed E-state index contributed by atoms with van der Waals surface area (Å²) in [7, 11) is 0. The molecule has 0 spiro atoms. The Hall–Kier alpha value is -3.12. The van der Waals surface area contributed by atoms with Gasteiger partial charge in [0.15, 0.2) is 5.16 Å². The van der Waals surface area contributed by atoms with E-state index in [1.165, 1.54) is 29.8 Å². The third-order valence-corrected chi connectivity index (χ3v) is 6.61. The van der Waals surface area contributed by atoms with Crippen LogP contribution in [-0.2, 0) is 4.79 Å². The molecular formula is C26H28N4OS. The quantitative estimate of drug-likeness (QED) is 0.409. The summed E-state index contributed by atoms with van der Waals surface area (Å²) in [6.45, 7) is 8.16. The topological polar surface area (TPSA) is 66.9 Å². The van der Waals surface area contributed by atoms with Gasteiger partial charge >= 0.3 is 0 Å². The van der Waals surface area contributed by atoms with E-state index in [1.54, 1.807) is 0 Å². The number of para-hydroxylation sites is 1. The normalized spacial score (nSPS) is 16.1. The molecule has 1 amide bonds. The molecule has 1 aliphatic carbocycles. The van der Waals surface area contributed by atoms with Crippen molar-refractivity contribution < 1.29 is 4.79 Å². The Morgan fingerprint density at radius 1 is 1.09 bits per heavy atom. The standard InChI is InChI=1S/C26H28N4OS/c1-5-19-14-17(3)24(15-16(19)2)28-25-22-8-6-7-9-23(22)29-26(30-25)32-21-12-10-20(11-13-21)27-18(4)31/h6-13,15,19H,5,14H2,1-4H3,(H,27,31)(H,28,29,30). The minimum Gasteiger partial charge on any atom is -0.340 e. The molecule has 164 valence electrons. The van der Waals surface area contributed by atoms with Crippen molar-refractivity contribution in [1.29, 1.82) is 0 Å². The fourth-order valence-electron chi connectivity index (χ4n) is 3.96. The lowest BCUT2D eigenvalue weighted by molar-refractivity contribution is -0.114. The Balaban J connectivity index is 1.64. The zero-order chi connectivity index (χ0) is 22.7. The third-order valence-electron chi connectivity index (χ3n) is 5.74. The van der Waals surface area contributed by atoms with Crippen LogP contribution in [0.1, 0.15) is 40.5 Å². The fourth-order valence-corrected chi connectivity index (χ4v) is 4.72. The number of hydrogen-bond donors (Lipinski definition) is 2. The SMILES string of the molecule is CCC1CC(C)=C(Nc2nc(Sc3ccc(NC(C)=O)cc3)nc3ccccc23)C=C1C. The molecule has 0 saturated carbocycles. The molecule has 0 aliphatic heterocycles. The first-order chi connectivity index (χ1) is 15.4. The van der Waals surface area contributed by atoms with Gasteiger partial charge in [-0.15, -0.1) is 0 Å². The van der Waals surface area contributed by atoms with E-state index in [0.717, 1.165) is 45.8 Å². The van der Waals surface area contributed by atoms with Gasteiger partial charge < -0.3 is 10.6 Å². The number of rotatable bonds is 6. The average Bonchev–Trinajstić information content (AvgIpc) is 2.77. The number of carbonyl (C=O) groups excluding carboxylic acids is 1. The predicted octanol–water partition coefficient (Wildman–Crippen LogP) is 6.80. The summed E-state index contributed by atoms with van der Waals surface area (Å²) in [6.07, 6.45) is 4.49. The van der Waals surface area contributed by atoms with Crippen LogP contribution in [0.15, 0.2) is 81.5 Å². The number of carbonyl (C=O) groups is 1. The Labute approximate surface area is 193 Å². The summed E-state index contributed by atoms with van der Waals surface area (Å²) >= 11 is 1.51. The molecule has 32 heavy (non-hydrogen) atoms. The minimum atomic E-state index is -0.0826. The maximum atomic E-state index is 11.2. The van der Waals surface area contributed by atoms with Crippen molar-refractivity contribution >= 4 is 40.1 Å². The number of hydrogen-bond acceptors (Lipinski definition) is 5. The first-order valence-electron chi connectivity index (χ1n) is 10.9. The minimum absolute atomic E-state index is 0.0826. The van der Waals surface area contributed by atoms with Gasteiger partial charge in [-0.2, -0.15) is 0 Å². The molecule has 1 atom stereocenters. The first-order valence-corrected chi connectivity index (χ1v) is 11.7. The molecule has 3 aromatic rings. The van der Waals surface area contributed by atoms with E-state index in [4.69, 9.17) is 9.97 Å². The molecule has 1 aliphatic rings. The number of nitrogens with zero attached hydrogens (tertiary/aromatic N) is 2. The van der Waals surface area contributed by atoms with Crippen molar-refractivity contribution in [3.8, 4) is 0 Å². The highest BCUT2D eigenvalue weighted by Crippen LogP contribution is 2.34. The second-order valence-electron chi connectivity index (χ2n) is 8.20. The van der Waals surface area contributed by atoms with E-state index in [-0.39, 0.29) is 5.91 Å². The number of nitrogens with one attached hydrogen (secondary N) is 2. The average molecular weight is 445 g/mol. The Bertz CT molecular complexity index is 1210. The number of benzene rings is 2. The lowest BCUT2D eigenvalue weighted by Gasteiger charge is -2.25. The van der Waals surface area contributed by atoms with Gasteiger partial charge in [0.25, 0.3) is 0 Å². The zero-order valence-corrected chi connectivity index (χ0v) is 19.7. The molecule has 2 aromatic carbocycles. The van der Waals surface area contributed by atoms with Gasteiger partial charge in [0.05, 0.1) is 5.52 Å². The van der Waals surface area contributed by atoms with Gasteiger partial charge in [-0.25, -0.2) is 9.97 Å². The summed E-state index contributed by atoms with van der Waals surface area (Å²) in [5.74, 6) is 1.36. The lowest BCUT2D eigenvalue weighted by atomic mass is 9.85. The van der Waals surface area contributed by atoms with Crippen molar-refractivity contribution in [1.82, 2.24) is 9.97 Å². The van der Waals surface area contributed by atoms with Gasteiger partial charge in [0.1, 0.15) is 5.82 Å². The van der Waals surface area contributed by atoms with Crippen molar-refractivity contribution in [3.63, 3.8) is 0 Å². The predicted molar refractivity (Wildman–Crippen MR) is 133 cm³/mol. The van der Waals surface area contributed by atoms with E-state index < -0.39 is 0 Å². The Morgan fingerprint density at radius 2 is 1.84 bits per heavy atom. The number of aromatic nitrogens is 2. The highest BCUT2D eigenvalue weighted by Gasteiger charge is 2.18. The van der Waals surface area contributed by atoms with E-state index in [0.29, 0.717) is 11.1 Å². The monoisotopic (exact) mass is 444 g/mol.